The maximum Gasteiger partial charge on any atom is 0.0547 e. The van der Waals surface area contributed by atoms with Crippen LogP contribution in [0.25, 0.3) is 93.2 Å². The van der Waals surface area contributed by atoms with E-state index in [1.165, 1.54) is 87.5 Å². The topological polar surface area (TPSA) is 8.17 Å². The molecule has 1 heterocycles. The lowest BCUT2D eigenvalue weighted by atomic mass is 9.96. The molecule has 2 heteroatoms. The van der Waals surface area contributed by atoms with Crippen molar-refractivity contribution >= 4 is 71.2 Å². The van der Waals surface area contributed by atoms with Gasteiger partial charge in [-0.15, -0.1) is 0 Å². The Hall–Kier alpha value is -8.20. The molecule has 1 aromatic heterocycles. The summed E-state index contributed by atoms with van der Waals surface area (Å²) >= 11 is 0. The maximum absolute atomic E-state index is 2.42. The number of nitrogens with zero attached hydrogens (tertiary/aromatic N) is 2. The molecule has 12 aromatic rings. The Morgan fingerprint density at radius 1 is 0.274 bits per heavy atom. The lowest BCUT2D eigenvalue weighted by Crippen LogP contribution is -2.10. The molecule has 2 nitrogen and oxygen atoms in total. The van der Waals surface area contributed by atoms with Gasteiger partial charge in [-0.25, -0.2) is 0 Å². The first-order chi connectivity index (χ1) is 30.7. The predicted octanol–water partition coefficient (Wildman–Crippen LogP) is 16.7. The first-order valence-corrected chi connectivity index (χ1v) is 21.3. The van der Waals surface area contributed by atoms with Crippen molar-refractivity contribution < 1.29 is 0 Å². The zero-order valence-corrected chi connectivity index (χ0v) is 34.0. The van der Waals surface area contributed by atoms with Crippen molar-refractivity contribution in [1.82, 2.24) is 4.57 Å². The number of fused-ring (bicyclic) bond motifs is 6. The van der Waals surface area contributed by atoms with Crippen LogP contribution in [0.3, 0.4) is 0 Å². The fourth-order valence-corrected chi connectivity index (χ4v) is 9.55. The molecule has 62 heavy (non-hydrogen) atoms. The lowest BCUT2D eigenvalue weighted by molar-refractivity contribution is 1.18. The first kappa shape index (κ1) is 35.7. The van der Waals surface area contributed by atoms with E-state index >= 15 is 0 Å². The van der Waals surface area contributed by atoms with E-state index in [4.69, 9.17) is 0 Å². The van der Waals surface area contributed by atoms with Gasteiger partial charge in [-0.1, -0.05) is 176 Å². The second kappa shape index (κ2) is 14.8. The molecule has 11 aromatic carbocycles. The third-order valence-corrected chi connectivity index (χ3v) is 12.5. The maximum atomic E-state index is 2.42. The van der Waals surface area contributed by atoms with Crippen molar-refractivity contribution in [3.05, 3.63) is 243 Å². The quantitative estimate of drug-likeness (QED) is 0.156. The van der Waals surface area contributed by atoms with E-state index in [1.807, 2.05) is 0 Å². The van der Waals surface area contributed by atoms with Crippen molar-refractivity contribution in [2.24, 2.45) is 0 Å². The van der Waals surface area contributed by atoms with Gasteiger partial charge in [0.1, 0.15) is 0 Å². The number of anilines is 3. The van der Waals surface area contributed by atoms with Gasteiger partial charge < -0.3 is 9.47 Å². The number of hydrogen-bond donors (Lipinski definition) is 0. The highest BCUT2D eigenvalue weighted by Gasteiger charge is 2.19. The Balaban J connectivity index is 0.978. The van der Waals surface area contributed by atoms with Crippen LogP contribution in [0, 0.1) is 0 Å². The van der Waals surface area contributed by atoms with Gasteiger partial charge in [0.15, 0.2) is 0 Å². The Morgan fingerprint density at radius 3 is 1.63 bits per heavy atom. The van der Waals surface area contributed by atoms with Gasteiger partial charge in [-0.2, -0.15) is 0 Å². The molecule has 0 radical (unpaired) electrons. The highest BCUT2D eigenvalue weighted by molar-refractivity contribution is 6.18. The van der Waals surface area contributed by atoms with Crippen molar-refractivity contribution in [3.8, 4) is 39.1 Å². The summed E-state index contributed by atoms with van der Waals surface area (Å²) in [6.45, 7) is 0. The highest BCUT2D eigenvalue weighted by atomic mass is 15.1. The SMILES string of the molecule is c1ccc(-n2c3cc4ccccc4cc3c3c(-c4cccc(N(c5ccc(-c6ccc(-c7cccc8ccccc78)cc6)cc5)c5ccc6ccccc6c5)c4)cccc32)cc1. The van der Waals surface area contributed by atoms with Crippen LogP contribution in [0.5, 0.6) is 0 Å². The predicted molar refractivity (Wildman–Crippen MR) is 264 cm³/mol. The highest BCUT2D eigenvalue weighted by Crippen LogP contribution is 2.43. The van der Waals surface area contributed by atoms with Gasteiger partial charge in [-0.05, 0) is 132 Å². The molecule has 0 N–H and O–H groups in total. The van der Waals surface area contributed by atoms with Crippen LogP contribution in [0.1, 0.15) is 0 Å². The molecule has 0 fully saturated rings. The Labute approximate surface area is 360 Å². The number of benzene rings is 11. The summed E-state index contributed by atoms with van der Waals surface area (Å²) in [5, 5.41) is 9.93. The molecular weight excluding hydrogens is 749 g/mol. The Morgan fingerprint density at radius 2 is 0.839 bits per heavy atom. The molecule has 0 bridgehead atoms. The summed E-state index contributed by atoms with van der Waals surface area (Å²) in [5.74, 6) is 0. The molecule has 12 rings (SSSR count). The van der Waals surface area contributed by atoms with Gasteiger partial charge in [0.25, 0.3) is 0 Å². The molecule has 0 saturated heterocycles. The average molecular weight is 789 g/mol. The zero-order valence-electron chi connectivity index (χ0n) is 34.0. The van der Waals surface area contributed by atoms with Gasteiger partial charge in [0.05, 0.1) is 11.0 Å². The Kier molecular flexibility index (Phi) is 8.53. The van der Waals surface area contributed by atoms with Crippen LogP contribution >= 0.6 is 0 Å². The first-order valence-electron chi connectivity index (χ1n) is 21.3. The van der Waals surface area contributed by atoms with Crippen LogP contribution in [0.15, 0.2) is 243 Å². The lowest BCUT2D eigenvalue weighted by Gasteiger charge is -2.26. The summed E-state index contributed by atoms with van der Waals surface area (Å²) in [6.07, 6.45) is 0. The summed E-state index contributed by atoms with van der Waals surface area (Å²) in [6, 6.07) is 88.5. The molecule has 0 aliphatic rings. The number of para-hydroxylation sites is 1. The van der Waals surface area contributed by atoms with Gasteiger partial charge in [0.2, 0.25) is 0 Å². The largest absolute Gasteiger partial charge is 0.310 e. The Bertz CT molecular complexity index is 3610. The van der Waals surface area contributed by atoms with E-state index < -0.39 is 0 Å². The van der Waals surface area contributed by atoms with Gasteiger partial charge in [0, 0.05) is 33.5 Å². The van der Waals surface area contributed by atoms with Gasteiger partial charge in [-0.3, -0.25) is 0 Å². The molecule has 0 atom stereocenters. The van der Waals surface area contributed by atoms with Crippen molar-refractivity contribution in [1.29, 1.82) is 0 Å². The summed E-state index contributed by atoms with van der Waals surface area (Å²) in [4.78, 5) is 2.39. The monoisotopic (exact) mass is 788 g/mol. The third-order valence-electron chi connectivity index (χ3n) is 12.5. The molecule has 0 aliphatic heterocycles. The molecule has 0 saturated carbocycles. The van der Waals surface area contributed by atoms with Crippen LogP contribution in [0.2, 0.25) is 0 Å². The molecule has 0 spiro atoms. The summed E-state index contributed by atoms with van der Waals surface area (Å²) < 4.78 is 2.42. The van der Waals surface area contributed by atoms with Crippen LogP contribution < -0.4 is 4.90 Å². The fraction of sp³-hybridized carbons (Fsp3) is 0. The van der Waals surface area contributed by atoms with Crippen molar-refractivity contribution in [3.63, 3.8) is 0 Å². The fourth-order valence-electron chi connectivity index (χ4n) is 9.55. The molecular formula is C60H40N2. The minimum atomic E-state index is 1.10. The summed E-state index contributed by atoms with van der Waals surface area (Å²) in [5.41, 5.74) is 14.1. The minimum absolute atomic E-state index is 1.10. The van der Waals surface area contributed by atoms with Crippen LogP contribution in [0.4, 0.5) is 17.1 Å². The molecule has 0 aliphatic carbocycles. The second-order valence-electron chi connectivity index (χ2n) is 16.2. The van der Waals surface area contributed by atoms with Crippen molar-refractivity contribution in [2.75, 3.05) is 4.90 Å². The smallest absolute Gasteiger partial charge is 0.0547 e. The number of aromatic nitrogens is 1. The molecule has 290 valence electrons. The number of hydrogen-bond acceptors (Lipinski definition) is 1. The van der Waals surface area contributed by atoms with Crippen molar-refractivity contribution in [2.45, 2.75) is 0 Å². The zero-order chi connectivity index (χ0) is 41.0. The minimum Gasteiger partial charge on any atom is -0.310 e. The van der Waals surface area contributed by atoms with E-state index in [-0.39, 0.29) is 0 Å². The third kappa shape index (κ3) is 6.12. The standard InChI is InChI=1S/C60H40N2/c1-2-20-50(21-3-1)62-58-26-12-25-56(60(58)57-39-47-16-6-7-17-48(47)40-59(57)62)49-19-10-22-52(38-49)61(53-36-33-41-13-4-5-15-46(41)37-53)51-34-31-43(32-35-51)42-27-29-45(30-28-42)55-24-11-18-44-14-8-9-23-54(44)55/h1-40H. The van der Waals surface area contributed by atoms with E-state index in [0.29, 0.717) is 0 Å². The molecule has 0 amide bonds. The normalized spacial score (nSPS) is 11.5. The van der Waals surface area contributed by atoms with E-state index in [9.17, 15) is 0 Å². The average Bonchev–Trinajstić information content (AvgIpc) is 3.67. The van der Waals surface area contributed by atoms with E-state index in [1.54, 1.807) is 0 Å². The molecule has 0 unspecified atom stereocenters. The second-order valence-corrected chi connectivity index (χ2v) is 16.2. The van der Waals surface area contributed by atoms with Crippen LogP contribution in [-0.2, 0) is 0 Å². The van der Waals surface area contributed by atoms with Crippen LogP contribution in [-0.4, -0.2) is 4.57 Å². The van der Waals surface area contributed by atoms with Gasteiger partial charge >= 0.3 is 0 Å². The van der Waals surface area contributed by atoms with E-state index in [0.717, 1.165) is 22.7 Å². The van der Waals surface area contributed by atoms with E-state index in [2.05, 4.69) is 252 Å². The summed E-state index contributed by atoms with van der Waals surface area (Å²) in [7, 11) is 0. The number of rotatable bonds is 7.